The number of carbonyl (C=O) groups is 1. The molecule has 1 aliphatic rings. The Bertz CT molecular complexity index is 949. The number of aryl methyl sites for hydroxylation is 1. The van der Waals surface area contributed by atoms with Gasteiger partial charge in [0.25, 0.3) is 10.0 Å². The van der Waals surface area contributed by atoms with E-state index in [1.165, 1.54) is 16.9 Å². The molecule has 2 aromatic heterocycles. The Morgan fingerprint density at radius 1 is 1.28 bits per heavy atom. The number of nitrogens with zero attached hydrogens (tertiary/aromatic N) is 3. The number of amides is 1. The quantitative estimate of drug-likeness (QED) is 0.752. The van der Waals surface area contributed by atoms with Gasteiger partial charge in [0.1, 0.15) is 4.21 Å². The monoisotopic (exact) mass is 438 g/mol. The van der Waals surface area contributed by atoms with Crippen LogP contribution in [0.1, 0.15) is 50.0 Å². The van der Waals surface area contributed by atoms with Crippen LogP contribution in [0, 0.1) is 5.41 Å². The molecule has 0 unspecified atom stereocenters. The van der Waals surface area contributed by atoms with Crippen LogP contribution >= 0.6 is 11.3 Å². The van der Waals surface area contributed by atoms with E-state index in [4.69, 9.17) is 0 Å². The summed E-state index contributed by atoms with van der Waals surface area (Å²) in [5.74, 6) is 0.360. The van der Waals surface area contributed by atoms with E-state index in [1.807, 2.05) is 46.3 Å². The van der Waals surface area contributed by atoms with Crippen molar-refractivity contribution in [2.75, 3.05) is 19.6 Å². The number of piperidine rings is 1. The Kier molecular flexibility index (Phi) is 6.50. The summed E-state index contributed by atoms with van der Waals surface area (Å²) < 4.78 is 29.8. The van der Waals surface area contributed by atoms with Crippen molar-refractivity contribution in [2.24, 2.45) is 12.5 Å². The van der Waals surface area contributed by atoms with Crippen LogP contribution in [0.25, 0.3) is 0 Å². The summed E-state index contributed by atoms with van der Waals surface area (Å²) in [5.41, 5.74) is 0.756. The second-order valence-electron chi connectivity index (χ2n) is 8.60. The van der Waals surface area contributed by atoms with Crippen LogP contribution in [0.15, 0.2) is 28.7 Å². The highest BCUT2D eigenvalue weighted by Gasteiger charge is 2.31. The summed E-state index contributed by atoms with van der Waals surface area (Å²) in [6, 6.07) is 3.54. The van der Waals surface area contributed by atoms with Gasteiger partial charge in [0.05, 0.1) is 6.20 Å². The molecule has 1 aliphatic heterocycles. The lowest BCUT2D eigenvalue weighted by Gasteiger charge is -2.30. The van der Waals surface area contributed by atoms with Crippen molar-refractivity contribution in [3.8, 4) is 0 Å². The second kappa shape index (κ2) is 8.57. The maximum atomic E-state index is 13.0. The number of hydrogen-bond donors (Lipinski definition) is 1. The molecule has 0 aromatic carbocycles. The number of carbonyl (C=O) groups excluding carboxylic acids is 1. The number of nitrogens with one attached hydrogen (secondary N) is 1. The third kappa shape index (κ3) is 5.26. The predicted molar refractivity (Wildman–Crippen MR) is 114 cm³/mol. The molecule has 0 bridgehead atoms. The first-order valence-electron chi connectivity index (χ1n) is 9.93. The zero-order valence-corrected chi connectivity index (χ0v) is 19.1. The van der Waals surface area contributed by atoms with Crippen molar-refractivity contribution in [3.63, 3.8) is 0 Å². The third-order valence-electron chi connectivity index (χ3n) is 5.22. The minimum absolute atomic E-state index is 0.00149. The first-order valence-corrected chi connectivity index (χ1v) is 12.2. The molecule has 0 atom stereocenters. The molecule has 29 heavy (non-hydrogen) atoms. The summed E-state index contributed by atoms with van der Waals surface area (Å²) in [4.78, 5) is 12.9. The highest BCUT2D eigenvalue weighted by molar-refractivity contribution is 7.91. The first-order chi connectivity index (χ1) is 13.6. The Balaban J connectivity index is 1.56. The second-order valence-corrected chi connectivity index (χ2v) is 11.9. The Morgan fingerprint density at radius 3 is 2.55 bits per heavy atom. The SMILES string of the molecule is Cn1cc(C2CCN(S(=O)(=O)c3ccc(CCNC(=O)C(C)(C)C)s3)CC2)cn1. The van der Waals surface area contributed by atoms with Gasteiger partial charge in [-0.2, -0.15) is 9.40 Å². The fraction of sp³-hybridized carbons (Fsp3) is 0.600. The molecule has 3 rings (SSSR count). The molecule has 1 amide bonds. The lowest BCUT2D eigenvalue weighted by Crippen LogP contribution is -2.37. The molecule has 9 heteroatoms. The van der Waals surface area contributed by atoms with E-state index in [0.717, 1.165) is 17.7 Å². The van der Waals surface area contributed by atoms with E-state index in [2.05, 4.69) is 10.4 Å². The molecular weight excluding hydrogens is 408 g/mol. The van der Waals surface area contributed by atoms with Crippen molar-refractivity contribution in [2.45, 2.75) is 50.2 Å². The topological polar surface area (TPSA) is 84.3 Å². The fourth-order valence-corrected chi connectivity index (χ4v) is 6.38. The van der Waals surface area contributed by atoms with Crippen LogP contribution in [0.2, 0.25) is 0 Å². The largest absolute Gasteiger partial charge is 0.355 e. The molecule has 0 spiro atoms. The van der Waals surface area contributed by atoms with Gasteiger partial charge in [-0.1, -0.05) is 20.8 Å². The number of rotatable bonds is 6. The van der Waals surface area contributed by atoms with Gasteiger partial charge in [0.2, 0.25) is 5.91 Å². The third-order valence-corrected chi connectivity index (χ3v) is 8.73. The number of aromatic nitrogens is 2. The van der Waals surface area contributed by atoms with Crippen LogP contribution in [0.3, 0.4) is 0 Å². The minimum atomic E-state index is -3.46. The number of sulfonamides is 1. The van der Waals surface area contributed by atoms with E-state index < -0.39 is 15.4 Å². The van der Waals surface area contributed by atoms with Gasteiger partial charge in [-0.05, 0) is 42.9 Å². The average Bonchev–Trinajstić information content (AvgIpc) is 3.30. The Morgan fingerprint density at radius 2 is 1.97 bits per heavy atom. The number of hydrogen-bond acceptors (Lipinski definition) is 5. The highest BCUT2D eigenvalue weighted by atomic mass is 32.2. The molecule has 2 aromatic rings. The highest BCUT2D eigenvalue weighted by Crippen LogP contribution is 2.32. The van der Waals surface area contributed by atoms with Crippen LogP contribution in [-0.4, -0.2) is 48.0 Å². The number of thiophene rings is 1. The van der Waals surface area contributed by atoms with Crippen molar-refractivity contribution in [1.82, 2.24) is 19.4 Å². The van der Waals surface area contributed by atoms with Gasteiger partial charge in [-0.25, -0.2) is 8.42 Å². The van der Waals surface area contributed by atoms with Gasteiger partial charge < -0.3 is 5.32 Å². The molecule has 0 saturated carbocycles. The summed E-state index contributed by atoms with van der Waals surface area (Å²) in [6.07, 6.45) is 6.13. The fourth-order valence-electron chi connectivity index (χ4n) is 3.40. The van der Waals surface area contributed by atoms with Crippen LogP contribution < -0.4 is 5.32 Å². The molecule has 3 heterocycles. The van der Waals surface area contributed by atoms with E-state index in [0.29, 0.717) is 36.2 Å². The van der Waals surface area contributed by atoms with Crippen molar-refractivity contribution >= 4 is 27.3 Å². The van der Waals surface area contributed by atoms with Crippen molar-refractivity contribution in [3.05, 3.63) is 35.0 Å². The van der Waals surface area contributed by atoms with Crippen LogP contribution in [-0.2, 0) is 28.3 Å². The molecule has 0 radical (unpaired) electrons. The Labute approximate surface area is 177 Å². The van der Waals surface area contributed by atoms with E-state index in [1.54, 1.807) is 15.1 Å². The van der Waals surface area contributed by atoms with Crippen molar-refractivity contribution in [1.29, 1.82) is 0 Å². The van der Waals surface area contributed by atoms with Crippen LogP contribution in [0.5, 0.6) is 0 Å². The zero-order chi connectivity index (χ0) is 21.2. The maximum absolute atomic E-state index is 13.0. The molecule has 160 valence electrons. The van der Waals surface area contributed by atoms with Gasteiger partial charge in [-0.3, -0.25) is 9.48 Å². The van der Waals surface area contributed by atoms with E-state index >= 15 is 0 Å². The molecule has 7 nitrogen and oxygen atoms in total. The van der Waals surface area contributed by atoms with E-state index in [-0.39, 0.29) is 5.91 Å². The van der Waals surface area contributed by atoms with Gasteiger partial charge >= 0.3 is 0 Å². The van der Waals surface area contributed by atoms with Crippen molar-refractivity contribution < 1.29 is 13.2 Å². The standard InChI is InChI=1S/C20H30N4O3S2/c1-20(2,3)19(25)21-10-7-17-5-6-18(28-17)29(26,27)24-11-8-15(9-12-24)16-13-22-23(4)14-16/h5-6,13-15H,7-12H2,1-4H3,(H,21,25). The molecule has 0 aliphatic carbocycles. The normalized spacial score (nSPS) is 16.8. The lowest BCUT2D eigenvalue weighted by atomic mass is 9.93. The maximum Gasteiger partial charge on any atom is 0.252 e. The van der Waals surface area contributed by atoms with E-state index in [9.17, 15) is 13.2 Å². The summed E-state index contributed by atoms with van der Waals surface area (Å²) in [6.45, 7) is 7.17. The predicted octanol–water partition coefficient (Wildman–Crippen LogP) is 2.75. The molecular formula is C20H30N4O3S2. The Hall–Kier alpha value is -1.71. The zero-order valence-electron chi connectivity index (χ0n) is 17.5. The van der Waals surface area contributed by atoms with Crippen LogP contribution in [0.4, 0.5) is 0 Å². The molecule has 1 N–H and O–H groups in total. The average molecular weight is 439 g/mol. The smallest absolute Gasteiger partial charge is 0.252 e. The lowest BCUT2D eigenvalue weighted by molar-refractivity contribution is -0.128. The summed E-state index contributed by atoms with van der Waals surface area (Å²) in [5, 5.41) is 7.12. The molecule has 1 saturated heterocycles. The first kappa shape index (κ1) is 22.0. The summed E-state index contributed by atoms with van der Waals surface area (Å²) >= 11 is 1.30. The van der Waals surface area contributed by atoms with Gasteiger partial charge in [0, 0.05) is 43.2 Å². The minimum Gasteiger partial charge on any atom is -0.355 e. The summed E-state index contributed by atoms with van der Waals surface area (Å²) in [7, 11) is -1.57. The molecule has 1 fully saturated rings. The van der Waals surface area contributed by atoms with Gasteiger partial charge in [0.15, 0.2) is 0 Å². The van der Waals surface area contributed by atoms with Gasteiger partial charge in [-0.15, -0.1) is 11.3 Å².